The minimum Gasteiger partial charge on any atom is -0.271 e. The Morgan fingerprint density at radius 1 is 1.41 bits per heavy atom. The van der Waals surface area contributed by atoms with Gasteiger partial charge >= 0.3 is 0 Å². The van der Waals surface area contributed by atoms with E-state index >= 15 is 0 Å². The molecule has 96 valence electrons. The molecule has 0 aliphatic carbocycles. The fraction of sp³-hybridized carbons (Fsp3) is 0.538. The van der Waals surface area contributed by atoms with Crippen LogP contribution >= 0.6 is 34.2 Å². The van der Waals surface area contributed by atoms with Crippen molar-refractivity contribution >= 4 is 34.2 Å². The molecule has 0 aliphatic rings. The topological polar surface area (TPSA) is 38.0 Å². The van der Waals surface area contributed by atoms with Gasteiger partial charge in [0.25, 0.3) is 0 Å². The Bertz CT molecular complexity index is 374. The summed E-state index contributed by atoms with van der Waals surface area (Å²) in [4.78, 5) is 0. The molecule has 0 aliphatic heterocycles. The molecule has 1 rings (SSSR count). The number of nitrogens with one attached hydrogen (secondary N) is 1. The molecule has 0 aromatic heterocycles. The molecule has 2 nitrogen and oxygen atoms in total. The first kappa shape index (κ1) is 15.2. The first-order valence-electron chi connectivity index (χ1n) is 5.74. The van der Waals surface area contributed by atoms with Crippen LogP contribution in [0, 0.1) is 8.99 Å². The van der Waals surface area contributed by atoms with E-state index in [1.807, 2.05) is 12.1 Å². The summed E-state index contributed by atoms with van der Waals surface area (Å²) in [6, 6.07) is 6.28. The average molecular weight is 367 g/mol. The Balaban J connectivity index is 2.76. The van der Waals surface area contributed by atoms with Crippen LogP contribution in [0.2, 0.25) is 5.02 Å². The molecule has 1 aromatic carbocycles. The van der Waals surface area contributed by atoms with E-state index in [-0.39, 0.29) is 6.04 Å². The molecule has 0 heterocycles. The van der Waals surface area contributed by atoms with Crippen molar-refractivity contribution in [1.29, 1.82) is 0 Å². The van der Waals surface area contributed by atoms with E-state index in [1.54, 1.807) is 0 Å². The number of hydrogen-bond donors (Lipinski definition) is 2. The van der Waals surface area contributed by atoms with Crippen LogP contribution in [-0.4, -0.2) is 0 Å². The van der Waals surface area contributed by atoms with Crippen molar-refractivity contribution in [1.82, 2.24) is 5.43 Å². The Kier molecular flexibility index (Phi) is 5.70. The van der Waals surface area contributed by atoms with Gasteiger partial charge in [0.2, 0.25) is 0 Å². The highest BCUT2D eigenvalue weighted by Crippen LogP contribution is 2.29. The highest BCUT2D eigenvalue weighted by Gasteiger charge is 2.16. The van der Waals surface area contributed by atoms with Crippen LogP contribution in [-0.2, 0) is 0 Å². The highest BCUT2D eigenvalue weighted by molar-refractivity contribution is 14.1. The fourth-order valence-corrected chi connectivity index (χ4v) is 2.18. The van der Waals surface area contributed by atoms with Crippen molar-refractivity contribution in [3.8, 4) is 0 Å². The molecule has 0 fully saturated rings. The molecule has 0 spiro atoms. The monoisotopic (exact) mass is 366 g/mol. The standard InChI is InChI=1S/C13H20ClIN2/c1-13(2,3)7-6-12(17-16)9-4-5-11(15)10(14)8-9/h4-5,8,12,17H,6-7,16H2,1-3H3. The van der Waals surface area contributed by atoms with E-state index in [2.05, 4.69) is 54.9 Å². The second-order valence-electron chi connectivity index (χ2n) is 5.49. The van der Waals surface area contributed by atoms with Gasteiger partial charge in [-0.3, -0.25) is 11.3 Å². The van der Waals surface area contributed by atoms with Crippen LogP contribution in [0.25, 0.3) is 0 Å². The van der Waals surface area contributed by atoms with Crippen molar-refractivity contribution in [2.75, 3.05) is 0 Å². The lowest BCUT2D eigenvalue weighted by molar-refractivity contribution is 0.333. The minimum absolute atomic E-state index is 0.170. The van der Waals surface area contributed by atoms with Gasteiger partial charge in [-0.25, -0.2) is 0 Å². The van der Waals surface area contributed by atoms with E-state index in [0.29, 0.717) is 5.41 Å². The molecule has 0 bridgehead atoms. The molecule has 1 aromatic rings. The molecule has 17 heavy (non-hydrogen) atoms. The summed E-state index contributed by atoms with van der Waals surface area (Å²) in [6.07, 6.45) is 2.13. The maximum atomic E-state index is 6.13. The Hall–Kier alpha value is 0.160. The number of hydrogen-bond acceptors (Lipinski definition) is 2. The Morgan fingerprint density at radius 3 is 2.53 bits per heavy atom. The summed E-state index contributed by atoms with van der Waals surface area (Å²) >= 11 is 8.36. The average Bonchev–Trinajstić information content (AvgIpc) is 2.22. The molecule has 0 radical (unpaired) electrons. The summed E-state index contributed by atoms with van der Waals surface area (Å²) in [6.45, 7) is 6.71. The van der Waals surface area contributed by atoms with Gasteiger partial charge in [-0.05, 0) is 58.5 Å². The van der Waals surface area contributed by atoms with Gasteiger partial charge in [0.05, 0.1) is 5.02 Å². The normalized spacial score (nSPS) is 13.8. The van der Waals surface area contributed by atoms with E-state index in [1.165, 1.54) is 0 Å². The third kappa shape index (κ3) is 5.12. The van der Waals surface area contributed by atoms with E-state index in [9.17, 15) is 0 Å². The maximum Gasteiger partial charge on any atom is 0.0542 e. The third-order valence-corrected chi connectivity index (χ3v) is 4.30. The molecule has 0 amide bonds. The summed E-state index contributed by atoms with van der Waals surface area (Å²) in [5.74, 6) is 5.63. The van der Waals surface area contributed by atoms with Crippen molar-refractivity contribution in [2.24, 2.45) is 11.3 Å². The SMILES string of the molecule is CC(C)(C)CCC(NN)c1ccc(I)c(Cl)c1. The predicted molar refractivity (Wildman–Crippen MR) is 82.9 cm³/mol. The third-order valence-electron chi connectivity index (χ3n) is 2.73. The molecule has 0 saturated heterocycles. The van der Waals surface area contributed by atoms with Gasteiger partial charge in [-0.2, -0.15) is 0 Å². The smallest absolute Gasteiger partial charge is 0.0542 e. The minimum atomic E-state index is 0.170. The summed E-state index contributed by atoms with van der Waals surface area (Å²) < 4.78 is 1.07. The van der Waals surface area contributed by atoms with Gasteiger partial charge in [-0.15, -0.1) is 0 Å². The number of rotatable bonds is 4. The van der Waals surface area contributed by atoms with Gasteiger partial charge in [0, 0.05) is 9.61 Å². The molecule has 0 saturated carbocycles. The van der Waals surface area contributed by atoms with Gasteiger partial charge in [0.1, 0.15) is 0 Å². The fourth-order valence-electron chi connectivity index (χ4n) is 1.65. The first-order valence-corrected chi connectivity index (χ1v) is 7.20. The zero-order valence-corrected chi connectivity index (χ0v) is 13.5. The van der Waals surface area contributed by atoms with Crippen LogP contribution in [0.1, 0.15) is 45.2 Å². The second kappa shape index (κ2) is 6.36. The van der Waals surface area contributed by atoms with Crippen molar-refractivity contribution in [3.05, 3.63) is 32.4 Å². The van der Waals surface area contributed by atoms with Gasteiger partial charge < -0.3 is 0 Å². The lowest BCUT2D eigenvalue weighted by Crippen LogP contribution is -2.29. The quantitative estimate of drug-likeness (QED) is 0.474. The van der Waals surface area contributed by atoms with Crippen molar-refractivity contribution < 1.29 is 0 Å². The van der Waals surface area contributed by atoms with Crippen LogP contribution < -0.4 is 11.3 Å². The lowest BCUT2D eigenvalue weighted by Gasteiger charge is -2.23. The summed E-state index contributed by atoms with van der Waals surface area (Å²) in [5.41, 5.74) is 4.35. The largest absolute Gasteiger partial charge is 0.271 e. The number of halogens is 2. The Labute approximate surface area is 122 Å². The molecular weight excluding hydrogens is 347 g/mol. The van der Waals surface area contributed by atoms with E-state index in [0.717, 1.165) is 27.0 Å². The van der Waals surface area contributed by atoms with Gasteiger partial charge in [0.15, 0.2) is 0 Å². The summed E-state index contributed by atoms with van der Waals surface area (Å²) in [5, 5.41) is 0.791. The van der Waals surface area contributed by atoms with Gasteiger partial charge in [-0.1, -0.05) is 38.4 Å². The summed E-state index contributed by atoms with van der Waals surface area (Å²) in [7, 11) is 0. The lowest BCUT2D eigenvalue weighted by atomic mass is 9.87. The van der Waals surface area contributed by atoms with Crippen LogP contribution in [0.3, 0.4) is 0 Å². The predicted octanol–water partition coefficient (Wildman–Crippen LogP) is 4.28. The molecule has 4 heteroatoms. The zero-order chi connectivity index (χ0) is 13.1. The van der Waals surface area contributed by atoms with Crippen LogP contribution in [0.15, 0.2) is 18.2 Å². The second-order valence-corrected chi connectivity index (χ2v) is 7.06. The van der Waals surface area contributed by atoms with Crippen LogP contribution in [0.5, 0.6) is 0 Å². The van der Waals surface area contributed by atoms with Crippen molar-refractivity contribution in [3.63, 3.8) is 0 Å². The van der Waals surface area contributed by atoms with E-state index in [4.69, 9.17) is 17.4 Å². The van der Waals surface area contributed by atoms with Crippen molar-refractivity contribution in [2.45, 2.75) is 39.7 Å². The molecular formula is C13H20ClIN2. The van der Waals surface area contributed by atoms with Crippen LogP contribution in [0.4, 0.5) is 0 Å². The Morgan fingerprint density at radius 2 is 2.06 bits per heavy atom. The zero-order valence-electron chi connectivity index (χ0n) is 10.6. The first-order chi connectivity index (χ1) is 7.83. The number of benzene rings is 1. The van der Waals surface area contributed by atoms with E-state index < -0.39 is 0 Å². The highest BCUT2D eigenvalue weighted by atomic mass is 127. The maximum absolute atomic E-state index is 6.13. The number of hydrazine groups is 1. The molecule has 1 unspecified atom stereocenters. The molecule has 1 atom stereocenters. The molecule has 3 N–H and O–H groups in total. The number of nitrogens with two attached hydrogens (primary N) is 1.